The number of aromatic nitrogens is 7. The lowest BCUT2D eigenvalue weighted by Crippen LogP contribution is -2.15. The van der Waals surface area contributed by atoms with Crippen LogP contribution >= 0.6 is 0 Å². The third-order valence-electron chi connectivity index (χ3n) is 2.74. The number of hydrogen-bond acceptors (Lipinski definition) is 6. The van der Waals surface area contributed by atoms with E-state index in [1.165, 1.54) is 11.0 Å². The molecular weight excluding hydrogens is 272 g/mol. The molecule has 0 spiro atoms. The number of tetrazole rings is 1. The Morgan fingerprint density at radius 3 is 2.90 bits per heavy atom. The Hall–Kier alpha value is -3.10. The fraction of sp³-hybridized carbons (Fsp3) is 0.167. The summed E-state index contributed by atoms with van der Waals surface area (Å²) < 4.78 is 1.48. The van der Waals surface area contributed by atoms with Gasteiger partial charge in [0.2, 0.25) is 11.9 Å². The maximum Gasteiger partial charge on any atom is 0.249 e. The number of amides is 1. The quantitative estimate of drug-likeness (QED) is 0.704. The number of nitrogens with zero attached hydrogens (tertiary/aromatic N) is 6. The van der Waals surface area contributed by atoms with Gasteiger partial charge in [-0.15, -0.1) is 10.2 Å². The van der Waals surface area contributed by atoms with Crippen molar-refractivity contribution in [2.45, 2.75) is 13.0 Å². The maximum absolute atomic E-state index is 11.8. The van der Waals surface area contributed by atoms with E-state index in [1.54, 1.807) is 0 Å². The first-order valence-electron chi connectivity index (χ1n) is 6.30. The van der Waals surface area contributed by atoms with Crippen molar-refractivity contribution >= 4 is 11.9 Å². The van der Waals surface area contributed by atoms with Crippen LogP contribution in [0.15, 0.2) is 36.7 Å². The molecule has 0 radical (unpaired) electrons. The van der Waals surface area contributed by atoms with Crippen LogP contribution in [0.3, 0.4) is 0 Å². The molecular formula is C12H12N8O. The van der Waals surface area contributed by atoms with Crippen LogP contribution in [0, 0.1) is 0 Å². The monoisotopic (exact) mass is 284 g/mol. The van der Waals surface area contributed by atoms with E-state index < -0.39 is 0 Å². The van der Waals surface area contributed by atoms with Gasteiger partial charge in [-0.05, 0) is 10.4 Å². The molecule has 3 aromatic rings. The topological polar surface area (TPSA) is 114 Å². The van der Waals surface area contributed by atoms with Crippen molar-refractivity contribution in [1.82, 2.24) is 35.4 Å². The standard InChI is InChI=1S/C12H12N8O/c21-10(6-7-20-8-13-18-19-20)14-12-15-11(16-17-12)9-4-2-1-3-5-9/h1-5,8H,6-7H2,(H2,14,15,16,17,21). The average Bonchev–Trinajstić information content (AvgIpc) is 3.17. The summed E-state index contributed by atoms with van der Waals surface area (Å²) in [6.07, 6.45) is 1.69. The van der Waals surface area contributed by atoms with Crippen molar-refractivity contribution in [3.8, 4) is 11.4 Å². The number of carbonyl (C=O) groups excluding carboxylic acids is 1. The SMILES string of the molecule is O=C(CCn1cnnn1)Nc1n[nH]c(-c2ccccc2)n1. The van der Waals surface area contributed by atoms with Gasteiger partial charge in [0, 0.05) is 12.0 Å². The van der Waals surface area contributed by atoms with Gasteiger partial charge in [0.25, 0.3) is 0 Å². The van der Waals surface area contributed by atoms with Gasteiger partial charge in [0.1, 0.15) is 6.33 Å². The van der Waals surface area contributed by atoms with Gasteiger partial charge in [-0.3, -0.25) is 15.2 Å². The third-order valence-corrected chi connectivity index (χ3v) is 2.74. The predicted octanol–water partition coefficient (Wildman–Crippen LogP) is 0.487. The minimum Gasteiger partial charge on any atom is -0.293 e. The van der Waals surface area contributed by atoms with Crippen LogP contribution in [-0.2, 0) is 11.3 Å². The number of aromatic amines is 1. The number of benzene rings is 1. The van der Waals surface area contributed by atoms with Crippen LogP contribution in [0.4, 0.5) is 5.95 Å². The Morgan fingerprint density at radius 2 is 2.14 bits per heavy atom. The number of carbonyl (C=O) groups is 1. The Kier molecular flexibility index (Phi) is 3.63. The minimum absolute atomic E-state index is 0.205. The molecule has 2 aromatic heterocycles. The molecule has 21 heavy (non-hydrogen) atoms. The van der Waals surface area contributed by atoms with Gasteiger partial charge in [-0.2, -0.15) is 4.98 Å². The average molecular weight is 284 g/mol. The van der Waals surface area contributed by atoms with Crippen LogP contribution in [-0.4, -0.2) is 41.3 Å². The second-order valence-corrected chi connectivity index (χ2v) is 4.24. The zero-order valence-electron chi connectivity index (χ0n) is 11.0. The first kappa shape index (κ1) is 12.9. The summed E-state index contributed by atoms with van der Waals surface area (Å²) >= 11 is 0. The summed E-state index contributed by atoms with van der Waals surface area (Å²) in [4.78, 5) is 16.0. The van der Waals surface area contributed by atoms with Gasteiger partial charge in [-0.1, -0.05) is 30.3 Å². The molecule has 9 heteroatoms. The largest absolute Gasteiger partial charge is 0.293 e. The van der Waals surface area contributed by atoms with Gasteiger partial charge >= 0.3 is 0 Å². The van der Waals surface area contributed by atoms with Crippen molar-refractivity contribution in [1.29, 1.82) is 0 Å². The van der Waals surface area contributed by atoms with Crippen molar-refractivity contribution in [2.24, 2.45) is 0 Å². The summed E-state index contributed by atoms with van der Waals surface area (Å²) in [7, 11) is 0. The van der Waals surface area contributed by atoms with Gasteiger partial charge < -0.3 is 0 Å². The normalized spacial score (nSPS) is 10.5. The third kappa shape index (κ3) is 3.26. The number of aryl methyl sites for hydroxylation is 1. The molecule has 0 bridgehead atoms. The minimum atomic E-state index is -0.205. The molecule has 0 aliphatic heterocycles. The van der Waals surface area contributed by atoms with Crippen LogP contribution in [0.2, 0.25) is 0 Å². The molecule has 9 nitrogen and oxygen atoms in total. The van der Waals surface area contributed by atoms with Crippen molar-refractivity contribution in [3.05, 3.63) is 36.7 Å². The lowest BCUT2D eigenvalue weighted by atomic mass is 10.2. The fourth-order valence-electron chi connectivity index (χ4n) is 1.73. The highest BCUT2D eigenvalue weighted by molar-refractivity contribution is 5.89. The highest BCUT2D eigenvalue weighted by atomic mass is 16.1. The Morgan fingerprint density at radius 1 is 1.29 bits per heavy atom. The van der Waals surface area contributed by atoms with Crippen molar-refractivity contribution < 1.29 is 4.79 Å². The number of nitrogens with one attached hydrogen (secondary N) is 2. The van der Waals surface area contributed by atoms with E-state index >= 15 is 0 Å². The van der Waals surface area contributed by atoms with E-state index in [1.807, 2.05) is 30.3 Å². The van der Waals surface area contributed by atoms with Gasteiger partial charge in [0.15, 0.2) is 5.82 Å². The lowest BCUT2D eigenvalue weighted by molar-refractivity contribution is -0.116. The molecule has 2 heterocycles. The Bertz CT molecular complexity index is 706. The lowest BCUT2D eigenvalue weighted by Gasteiger charge is -2.00. The molecule has 0 aliphatic carbocycles. The van der Waals surface area contributed by atoms with Crippen molar-refractivity contribution in [3.63, 3.8) is 0 Å². The van der Waals surface area contributed by atoms with E-state index in [0.717, 1.165) is 5.56 Å². The number of rotatable bonds is 5. The number of anilines is 1. The zero-order chi connectivity index (χ0) is 14.5. The zero-order valence-corrected chi connectivity index (χ0v) is 11.0. The first-order valence-corrected chi connectivity index (χ1v) is 6.30. The fourth-order valence-corrected chi connectivity index (χ4v) is 1.73. The second kappa shape index (κ2) is 5.90. The second-order valence-electron chi connectivity index (χ2n) is 4.24. The maximum atomic E-state index is 11.8. The molecule has 1 amide bonds. The number of H-pyrrole nitrogens is 1. The molecule has 0 saturated carbocycles. The molecule has 106 valence electrons. The molecule has 0 fully saturated rings. The van der Waals surface area contributed by atoms with E-state index in [4.69, 9.17) is 0 Å². The molecule has 0 atom stereocenters. The molecule has 0 aliphatic rings. The Labute approximate surface area is 119 Å². The first-order chi connectivity index (χ1) is 10.3. The Balaban J connectivity index is 1.58. The summed E-state index contributed by atoms with van der Waals surface area (Å²) in [5.74, 6) is 0.644. The molecule has 1 aromatic carbocycles. The van der Waals surface area contributed by atoms with Gasteiger partial charge in [0.05, 0.1) is 6.54 Å². The van der Waals surface area contributed by atoms with Crippen LogP contribution in [0.25, 0.3) is 11.4 Å². The molecule has 3 rings (SSSR count). The highest BCUT2D eigenvalue weighted by Crippen LogP contribution is 2.14. The van der Waals surface area contributed by atoms with Crippen LogP contribution in [0.1, 0.15) is 6.42 Å². The summed E-state index contributed by atoms with van der Waals surface area (Å²) in [5, 5.41) is 20.0. The number of hydrogen-bond donors (Lipinski definition) is 2. The van der Waals surface area contributed by atoms with Gasteiger partial charge in [-0.25, -0.2) is 4.68 Å². The van der Waals surface area contributed by atoms with Crippen molar-refractivity contribution in [2.75, 3.05) is 5.32 Å². The van der Waals surface area contributed by atoms with E-state index in [2.05, 4.69) is 36.0 Å². The summed E-state index contributed by atoms with van der Waals surface area (Å²) in [5.41, 5.74) is 0.902. The van der Waals surface area contributed by atoms with E-state index in [-0.39, 0.29) is 18.3 Å². The van der Waals surface area contributed by atoms with E-state index in [9.17, 15) is 4.79 Å². The van der Waals surface area contributed by atoms with Crippen LogP contribution < -0.4 is 5.32 Å². The summed E-state index contributed by atoms with van der Waals surface area (Å²) in [6.45, 7) is 0.398. The molecule has 0 saturated heterocycles. The highest BCUT2D eigenvalue weighted by Gasteiger charge is 2.09. The van der Waals surface area contributed by atoms with E-state index in [0.29, 0.717) is 12.4 Å². The summed E-state index contributed by atoms with van der Waals surface area (Å²) in [6, 6.07) is 9.54. The van der Waals surface area contributed by atoms with Crippen LogP contribution in [0.5, 0.6) is 0 Å². The molecule has 2 N–H and O–H groups in total. The predicted molar refractivity (Wildman–Crippen MR) is 72.9 cm³/mol. The smallest absolute Gasteiger partial charge is 0.249 e. The molecule has 0 unspecified atom stereocenters.